The standard InChI is InChI=1S/C12H23N3O/c1-14-5-3-11(4-6-14)15(2)12(16)9-7-10(13)8-9/h9-11H,3-8,13H2,1-2H3. The van der Waals surface area contributed by atoms with Crippen LogP contribution < -0.4 is 5.73 Å². The fourth-order valence-corrected chi connectivity index (χ4v) is 2.71. The summed E-state index contributed by atoms with van der Waals surface area (Å²) in [5.74, 6) is 0.524. The van der Waals surface area contributed by atoms with Crippen LogP contribution in [0.1, 0.15) is 25.7 Å². The van der Waals surface area contributed by atoms with Gasteiger partial charge in [0.25, 0.3) is 0 Å². The molecule has 0 unspecified atom stereocenters. The maximum Gasteiger partial charge on any atom is 0.225 e. The molecule has 2 aliphatic rings. The highest BCUT2D eigenvalue weighted by atomic mass is 16.2. The summed E-state index contributed by atoms with van der Waals surface area (Å²) in [5, 5.41) is 0. The third-order valence-corrected chi connectivity index (χ3v) is 4.11. The van der Waals surface area contributed by atoms with Gasteiger partial charge >= 0.3 is 0 Å². The Kier molecular flexibility index (Phi) is 3.50. The van der Waals surface area contributed by atoms with Gasteiger partial charge < -0.3 is 15.5 Å². The fourth-order valence-electron chi connectivity index (χ4n) is 2.71. The van der Waals surface area contributed by atoms with Crippen molar-refractivity contribution in [3.63, 3.8) is 0 Å². The van der Waals surface area contributed by atoms with Crippen LogP contribution in [0.5, 0.6) is 0 Å². The molecule has 0 spiro atoms. The summed E-state index contributed by atoms with van der Waals surface area (Å²) >= 11 is 0. The lowest BCUT2D eigenvalue weighted by Gasteiger charge is -2.40. The molecule has 0 aromatic heterocycles. The summed E-state index contributed by atoms with van der Waals surface area (Å²) in [7, 11) is 4.10. The summed E-state index contributed by atoms with van der Waals surface area (Å²) in [6.45, 7) is 2.21. The Morgan fingerprint density at radius 2 is 1.88 bits per heavy atom. The Morgan fingerprint density at radius 3 is 2.38 bits per heavy atom. The number of piperidine rings is 1. The Balaban J connectivity index is 1.82. The van der Waals surface area contributed by atoms with E-state index in [0.717, 1.165) is 38.8 Å². The van der Waals surface area contributed by atoms with E-state index in [-0.39, 0.29) is 12.0 Å². The van der Waals surface area contributed by atoms with Crippen molar-refractivity contribution in [2.24, 2.45) is 11.7 Å². The van der Waals surface area contributed by atoms with Crippen LogP contribution in [0.4, 0.5) is 0 Å². The lowest BCUT2D eigenvalue weighted by Crippen LogP contribution is -2.50. The highest BCUT2D eigenvalue weighted by Gasteiger charge is 2.36. The van der Waals surface area contributed by atoms with E-state index in [4.69, 9.17) is 5.73 Å². The van der Waals surface area contributed by atoms with Crippen molar-refractivity contribution in [1.29, 1.82) is 0 Å². The molecule has 0 radical (unpaired) electrons. The second-order valence-electron chi connectivity index (χ2n) is 5.41. The van der Waals surface area contributed by atoms with Crippen LogP contribution in [0.15, 0.2) is 0 Å². The molecule has 16 heavy (non-hydrogen) atoms. The number of rotatable bonds is 2. The van der Waals surface area contributed by atoms with Gasteiger partial charge in [-0.2, -0.15) is 0 Å². The summed E-state index contributed by atoms with van der Waals surface area (Å²) in [6, 6.07) is 0.709. The molecular formula is C12H23N3O. The summed E-state index contributed by atoms with van der Waals surface area (Å²) in [6.07, 6.45) is 3.99. The van der Waals surface area contributed by atoms with E-state index in [1.807, 2.05) is 11.9 Å². The van der Waals surface area contributed by atoms with Gasteiger partial charge in [0.1, 0.15) is 0 Å². The van der Waals surface area contributed by atoms with Gasteiger partial charge in [-0.3, -0.25) is 4.79 Å². The maximum atomic E-state index is 12.1. The van der Waals surface area contributed by atoms with E-state index in [1.54, 1.807) is 0 Å². The summed E-state index contributed by atoms with van der Waals surface area (Å²) < 4.78 is 0. The fraction of sp³-hybridized carbons (Fsp3) is 0.917. The average molecular weight is 225 g/mol. The van der Waals surface area contributed by atoms with Crippen molar-refractivity contribution in [2.75, 3.05) is 27.2 Å². The molecule has 4 heteroatoms. The molecule has 4 nitrogen and oxygen atoms in total. The molecule has 1 saturated carbocycles. The molecule has 1 aliphatic heterocycles. The smallest absolute Gasteiger partial charge is 0.225 e. The number of hydrogen-bond donors (Lipinski definition) is 1. The number of amides is 1. The molecular weight excluding hydrogens is 202 g/mol. The van der Waals surface area contributed by atoms with Crippen molar-refractivity contribution in [3.05, 3.63) is 0 Å². The maximum absolute atomic E-state index is 12.1. The first kappa shape index (κ1) is 11.9. The largest absolute Gasteiger partial charge is 0.342 e. The van der Waals surface area contributed by atoms with Gasteiger partial charge in [-0.15, -0.1) is 0 Å². The van der Waals surface area contributed by atoms with Crippen molar-refractivity contribution in [3.8, 4) is 0 Å². The minimum Gasteiger partial charge on any atom is -0.342 e. The van der Waals surface area contributed by atoms with Crippen LogP contribution in [0.2, 0.25) is 0 Å². The highest BCUT2D eigenvalue weighted by molar-refractivity contribution is 5.80. The molecule has 1 aliphatic carbocycles. The van der Waals surface area contributed by atoms with Crippen LogP contribution in [0, 0.1) is 5.92 Å². The van der Waals surface area contributed by atoms with Crippen molar-refractivity contribution in [2.45, 2.75) is 37.8 Å². The Bertz CT molecular complexity index is 255. The van der Waals surface area contributed by atoms with Crippen LogP contribution in [0.3, 0.4) is 0 Å². The van der Waals surface area contributed by atoms with Crippen LogP contribution in [-0.2, 0) is 4.79 Å². The molecule has 1 heterocycles. The number of likely N-dealkylation sites (tertiary alicyclic amines) is 1. The third kappa shape index (κ3) is 2.38. The molecule has 0 aromatic rings. The SMILES string of the molecule is CN1CCC(N(C)C(=O)C2CC(N)C2)CC1. The first-order valence-electron chi connectivity index (χ1n) is 6.28. The topological polar surface area (TPSA) is 49.6 Å². The third-order valence-electron chi connectivity index (χ3n) is 4.11. The molecule has 1 saturated heterocycles. The van der Waals surface area contributed by atoms with Crippen LogP contribution in [0.25, 0.3) is 0 Å². The molecule has 0 bridgehead atoms. The Morgan fingerprint density at radius 1 is 1.31 bits per heavy atom. The van der Waals surface area contributed by atoms with E-state index >= 15 is 0 Å². The number of carbonyl (C=O) groups excluding carboxylic acids is 1. The lowest BCUT2D eigenvalue weighted by atomic mass is 9.79. The molecule has 0 aromatic carbocycles. The van der Waals surface area contributed by atoms with E-state index in [0.29, 0.717) is 11.9 Å². The zero-order valence-electron chi connectivity index (χ0n) is 10.4. The zero-order chi connectivity index (χ0) is 11.7. The van der Waals surface area contributed by atoms with Crippen LogP contribution in [-0.4, -0.2) is 55.0 Å². The van der Waals surface area contributed by atoms with Gasteiger partial charge in [-0.05, 0) is 45.8 Å². The van der Waals surface area contributed by atoms with Crippen molar-refractivity contribution < 1.29 is 4.79 Å². The Labute approximate surface area is 97.8 Å². The predicted molar refractivity (Wildman–Crippen MR) is 64.0 cm³/mol. The van der Waals surface area contributed by atoms with Gasteiger partial charge in [-0.25, -0.2) is 0 Å². The molecule has 2 N–H and O–H groups in total. The van der Waals surface area contributed by atoms with Gasteiger partial charge in [0, 0.05) is 25.0 Å². The van der Waals surface area contributed by atoms with Crippen molar-refractivity contribution in [1.82, 2.24) is 9.80 Å². The van der Waals surface area contributed by atoms with Gasteiger partial charge in [0.15, 0.2) is 0 Å². The molecule has 0 atom stereocenters. The van der Waals surface area contributed by atoms with Gasteiger partial charge in [0.2, 0.25) is 5.91 Å². The van der Waals surface area contributed by atoms with Crippen LogP contribution >= 0.6 is 0 Å². The molecule has 92 valence electrons. The molecule has 1 amide bonds. The normalized spacial score (nSPS) is 32.2. The van der Waals surface area contributed by atoms with E-state index in [2.05, 4.69) is 11.9 Å². The van der Waals surface area contributed by atoms with Gasteiger partial charge in [-0.1, -0.05) is 0 Å². The predicted octanol–water partition coefficient (Wildman–Crippen LogP) is 0.276. The molecule has 2 rings (SSSR count). The molecule has 2 fully saturated rings. The lowest BCUT2D eigenvalue weighted by molar-refractivity contribution is -0.140. The van der Waals surface area contributed by atoms with E-state index in [1.165, 1.54) is 0 Å². The Hall–Kier alpha value is -0.610. The monoisotopic (exact) mass is 225 g/mol. The summed E-state index contributed by atoms with van der Waals surface area (Å²) in [5.41, 5.74) is 5.73. The first-order valence-corrected chi connectivity index (χ1v) is 6.28. The minimum absolute atomic E-state index is 0.208. The number of nitrogens with two attached hydrogens (primary N) is 1. The number of hydrogen-bond acceptors (Lipinski definition) is 3. The summed E-state index contributed by atoms with van der Waals surface area (Å²) in [4.78, 5) is 16.4. The van der Waals surface area contributed by atoms with E-state index in [9.17, 15) is 4.79 Å². The second kappa shape index (κ2) is 4.72. The second-order valence-corrected chi connectivity index (χ2v) is 5.41. The minimum atomic E-state index is 0.208. The quantitative estimate of drug-likeness (QED) is 0.734. The number of nitrogens with zero attached hydrogens (tertiary/aromatic N) is 2. The highest BCUT2D eigenvalue weighted by Crippen LogP contribution is 2.28. The zero-order valence-corrected chi connectivity index (χ0v) is 10.4. The average Bonchev–Trinajstić information content (AvgIpc) is 2.24. The first-order chi connectivity index (χ1) is 7.58. The van der Waals surface area contributed by atoms with Gasteiger partial charge in [0.05, 0.1) is 0 Å². The van der Waals surface area contributed by atoms with E-state index < -0.39 is 0 Å². The van der Waals surface area contributed by atoms with Crippen molar-refractivity contribution >= 4 is 5.91 Å². The number of carbonyl (C=O) groups is 1.